The van der Waals surface area contributed by atoms with E-state index in [0.717, 1.165) is 99.0 Å². The second kappa shape index (κ2) is 38.3. The number of halogens is 15. The van der Waals surface area contributed by atoms with Crippen molar-refractivity contribution in [2.45, 2.75) is 172 Å². The molecule has 0 spiro atoms. The maximum Gasteiger partial charge on any atom is 0.416 e. The Bertz CT molecular complexity index is 6330. The Morgan fingerprint density at radius 2 is 0.804 bits per heavy atom. The van der Waals surface area contributed by atoms with E-state index in [1.807, 2.05) is 78.6 Å². The van der Waals surface area contributed by atoms with E-state index in [0.29, 0.717) is 129 Å². The summed E-state index contributed by atoms with van der Waals surface area (Å²) < 4.78 is 234. The smallest absolute Gasteiger partial charge is 0.416 e. The number of aliphatic carboxylic acids is 2. The molecule has 8 aliphatic rings. The van der Waals surface area contributed by atoms with E-state index < -0.39 is 160 Å². The molecule has 138 heavy (non-hydrogen) atoms. The first-order chi connectivity index (χ1) is 65.3. The van der Waals surface area contributed by atoms with Crippen LogP contribution in [0.1, 0.15) is 185 Å². The zero-order valence-electron chi connectivity index (χ0n) is 75.1. The molecule has 2 aliphatic carbocycles. The number of pyridine rings is 3. The number of carboxylic acid groups (broad SMARTS) is 3. The number of hydrogen-bond acceptors (Lipinski definition) is 17. The van der Waals surface area contributed by atoms with Crippen LogP contribution in [0.2, 0.25) is 0 Å². The summed E-state index contributed by atoms with van der Waals surface area (Å²) in [7, 11) is 2.92. The SMILES string of the molecule is CCc1ccc([C@@H]2C[C@H]2C(=O)O)cc1-c1ccc(N2CCC2)nc1CN1C(=O)O[C@H](c2cc(C(F)(F)F)cc(C(F)(F)F)c2)[C@@H]1C.COc1cc(F)c(-c2ccc(C(=O)O)cc2C)cc1-c1ccc(N2CCC2)nc1CN1C(=O)O[C@H](c2cc(F)cc(F)c2)[C@@H]1C.COc1ccc(C2CC(C(=O)O)C2)cc1-c1ccc(N2CCC2)nc1CN1C(=O)O[C@H](c2cc(C(F)(F)F)cc(C(F)(F)F)c2)[C@@H]1C. The van der Waals surface area contributed by atoms with Crippen molar-refractivity contribution >= 4 is 53.6 Å². The molecule has 6 saturated heterocycles. The third-order valence-electron chi connectivity index (χ3n) is 26.8. The van der Waals surface area contributed by atoms with E-state index in [1.54, 1.807) is 32.0 Å². The van der Waals surface area contributed by atoms with Gasteiger partial charge in [-0.3, -0.25) is 24.3 Å². The molecule has 6 aliphatic heterocycles. The predicted molar refractivity (Wildman–Crippen MR) is 473 cm³/mol. The van der Waals surface area contributed by atoms with E-state index in [2.05, 4.69) is 9.80 Å². The van der Waals surface area contributed by atoms with Crippen LogP contribution in [0.3, 0.4) is 0 Å². The van der Waals surface area contributed by atoms with Crippen LogP contribution in [0, 0.1) is 36.2 Å². The molecule has 3 aromatic heterocycles. The topological polar surface area (TPSA) is 267 Å². The van der Waals surface area contributed by atoms with Gasteiger partial charge in [-0.2, -0.15) is 52.7 Å². The van der Waals surface area contributed by atoms with Crippen LogP contribution in [-0.4, -0.2) is 153 Å². The molecule has 18 rings (SSSR count). The van der Waals surface area contributed by atoms with Gasteiger partial charge in [-0.05, 0) is 244 Å². The van der Waals surface area contributed by atoms with Crippen LogP contribution in [0.15, 0.2) is 158 Å². The van der Waals surface area contributed by atoms with Crippen molar-refractivity contribution in [2.75, 3.05) is 68.2 Å². The largest absolute Gasteiger partial charge is 0.496 e. The number of anilines is 3. The van der Waals surface area contributed by atoms with Crippen LogP contribution >= 0.6 is 0 Å². The van der Waals surface area contributed by atoms with Crippen LogP contribution < -0.4 is 24.2 Å². The minimum atomic E-state index is -5.06. The van der Waals surface area contributed by atoms with Crippen LogP contribution in [-0.2, 0) is 74.6 Å². The van der Waals surface area contributed by atoms with Gasteiger partial charge in [0.25, 0.3) is 0 Å². The number of aryl methyl sites for hydroxylation is 2. The number of alkyl halides is 12. The molecular formula is C100H92F15N9O14. The number of ether oxygens (including phenoxy) is 5. The average Bonchev–Trinajstić information content (AvgIpc) is 1.64. The molecular weight excluding hydrogens is 1840 g/mol. The summed E-state index contributed by atoms with van der Waals surface area (Å²) in [5, 5.41) is 28.2. The highest BCUT2D eigenvalue weighted by atomic mass is 19.4. The number of amides is 3. The zero-order chi connectivity index (χ0) is 99.0. The van der Waals surface area contributed by atoms with Crippen molar-refractivity contribution in [3.8, 4) is 56.0 Å². The summed E-state index contributed by atoms with van der Waals surface area (Å²) in [4.78, 5) is 98.8. The van der Waals surface area contributed by atoms with Gasteiger partial charge in [-0.1, -0.05) is 37.3 Å². The monoisotopic (exact) mass is 1930 g/mol. The molecule has 10 aromatic rings. The van der Waals surface area contributed by atoms with Crippen molar-refractivity contribution in [2.24, 2.45) is 11.8 Å². The number of aromatic carboxylic acids is 1. The highest BCUT2D eigenvalue weighted by molar-refractivity contribution is 5.90. The molecule has 7 aromatic carbocycles. The molecule has 0 unspecified atom stereocenters. The van der Waals surface area contributed by atoms with E-state index in [1.165, 1.54) is 61.0 Å². The fourth-order valence-electron chi connectivity index (χ4n) is 18.5. The number of carbonyl (C=O) groups is 6. The van der Waals surface area contributed by atoms with E-state index in [4.69, 9.17) is 38.6 Å². The van der Waals surface area contributed by atoms with Crippen molar-refractivity contribution < 1.29 is 134 Å². The maximum atomic E-state index is 15.5. The summed E-state index contributed by atoms with van der Waals surface area (Å²) in [6, 6.07) is 32.9. The predicted octanol–water partition coefficient (Wildman–Crippen LogP) is 22.6. The van der Waals surface area contributed by atoms with Gasteiger partial charge in [0, 0.05) is 90.3 Å². The number of cyclic esters (lactones) is 3. The number of rotatable bonds is 24. The third-order valence-corrected chi connectivity index (χ3v) is 26.8. The van der Waals surface area contributed by atoms with Crippen molar-refractivity contribution in [3.63, 3.8) is 0 Å². The number of hydrogen-bond donors (Lipinski definition) is 3. The van der Waals surface area contributed by atoms with E-state index in [-0.39, 0.29) is 66.0 Å². The second-order valence-electron chi connectivity index (χ2n) is 35.5. The summed E-state index contributed by atoms with van der Waals surface area (Å²) in [5.74, 6) is -3.08. The Morgan fingerprint density at radius 3 is 1.17 bits per heavy atom. The highest BCUT2D eigenvalue weighted by Gasteiger charge is 2.49. The first-order valence-corrected chi connectivity index (χ1v) is 44.5. The minimum Gasteiger partial charge on any atom is -0.496 e. The fraction of sp³-hybridized carbons (Fsp3) is 0.370. The molecule has 38 heteroatoms. The molecule has 9 heterocycles. The lowest BCUT2D eigenvalue weighted by molar-refractivity contribution is -0.145. The summed E-state index contributed by atoms with van der Waals surface area (Å²) in [5.41, 5.74) is 2.79. The first kappa shape index (κ1) is 97.3. The Labute approximate surface area is 780 Å². The lowest BCUT2D eigenvalue weighted by Gasteiger charge is -2.34. The van der Waals surface area contributed by atoms with Gasteiger partial charge in [0.15, 0.2) is 0 Å². The molecule has 726 valence electrons. The molecule has 3 N–H and O–H groups in total. The van der Waals surface area contributed by atoms with Gasteiger partial charge in [-0.25, -0.2) is 47.3 Å². The summed E-state index contributed by atoms with van der Waals surface area (Å²) >= 11 is 0. The molecule has 8 atom stereocenters. The molecule has 0 bridgehead atoms. The third kappa shape index (κ3) is 20.2. The van der Waals surface area contributed by atoms with Crippen LogP contribution in [0.4, 0.5) is 97.7 Å². The molecule has 2 saturated carbocycles. The highest BCUT2D eigenvalue weighted by Crippen LogP contribution is 2.52. The lowest BCUT2D eigenvalue weighted by Crippen LogP contribution is -2.38. The van der Waals surface area contributed by atoms with Crippen molar-refractivity contribution in [3.05, 3.63) is 259 Å². The molecule has 3 amide bonds. The van der Waals surface area contributed by atoms with Gasteiger partial charge in [0.05, 0.1) is 109 Å². The zero-order valence-corrected chi connectivity index (χ0v) is 75.1. The van der Waals surface area contributed by atoms with E-state index >= 15 is 4.39 Å². The van der Waals surface area contributed by atoms with Gasteiger partial charge in [0.2, 0.25) is 0 Å². The number of carbonyl (C=O) groups excluding carboxylic acids is 3. The van der Waals surface area contributed by atoms with Crippen LogP contribution in [0.5, 0.6) is 11.5 Å². The molecule has 0 radical (unpaired) electrons. The summed E-state index contributed by atoms with van der Waals surface area (Å²) in [6.07, 6.45) is -21.2. The Morgan fingerprint density at radius 1 is 0.413 bits per heavy atom. The van der Waals surface area contributed by atoms with Crippen molar-refractivity contribution in [1.29, 1.82) is 0 Å². The normalized spacial score (nSPS) is 21.2. The fourth-order valence-corrected chi connectivity index (χ4v) is 18.5. The molecule has 8 fully saturated rings. The van der Waals surface area contributed by atoms with Gasteiger partial charge >= 0.3 is 60.9 Å². The standard InChI is InChI=1S/C34H30F3N3O5.C33H31F6N3O5.C33H31F6N3O4/c1-18-11-20(33(41)42)5-6-24(18)26-15-27(30(44-3)16-28(26)37)25-7-8-31(39-9-4-10-39)38-29(25)17-40-19(2)32(45-34(40)43)21-12-22(35)14-23(36)13-21;1-17-29(20-12-22(32(34,35)36)15-23(13-20)33(37,38)39)47-31(45)42(17)16-26-24(5-7-28(40-26)41-8-3-9-41)25-14-18(4-6-27(25)46-2)19-10-21(11-19)30(43)44;1-3-18-5-6-19(25-15-26(25)30(43)44)13-24(18)23-7-8-28(41-9-4-10-41)40-27(23)16-42-17(2)29(46-31(42)45)20-11-21(32(34,35)36)14-22(12-20)33(37,38)39/h5-8,11-16,19,32H,4,9-10,17H2,1-3H3,(H,41,42);4-7,12-15,17,19,21,29H,3,8-11,16H2,1-2H3,(H,43,44);5-8,11-14,17,25-26,29H,3-4,9-10,15-16H2,1-2H3,(H,43,44)/t19-,32-;17-,19?,21?,29-;17-,25-,26+,29-/m000/s1. The maximum absolute atomic E-state index is 15.5. The number of benzene rings is 7. The Kier molecular flexibility index (Phi) is 27.0. The first-order valence-electron chi connectivity index (χ1n) is 44.5. The summed E-state index contributed by atoms with van der Waals surface area (Å²) in [6.45, 7) is 13.0. The van der Waals surface area contributed by atoms with E-state index in [9.17, 15) is 106 Å². The number of methoxy groups -OCH3 is 2. The average molecular weight is 1930 g/mol. The van der Waals surface area contributed by atoms with Gasteiger partial charge in [-0.15, -0.1) is 0 Å². The molecule has 23 nitrogen and oxygen atoms in total. The quantitative estimate of drug-likeness (QED) is 0.0375. The van der Waals surface area contributed by atoms with Gasteiger partial charge < -0.3 is 53.7 Å². The Balaban J connectivity index is 0.000000150. The van der Waals surface area contributed by atoms with Gasteiger partial charge in [0.1, 0.15) is 64.7 Å². The lowest BCUT2D eigenvalue weighted by atomic mass is 9.71. The van der Waals surface area contributed by atoms with Crippen molar-refractivity contribution in [1.82, 2.24) is 29.7 Å². The number of nitrogens with zero attached hydrogens (tertiary/aromatic N) is 9. The number of carboxylic acids is 3. The number of aromatic nitrogens is 3. The second-order valence-corrected chi connectivity index (χ2v) is 35.5. The minimum absolute atomic E-state index is 0.00644. The van der Waals surface area contributed by atoms with Crippen LogP contribution in [0.25, 0.3) is 44.5 Å². The Hall–Kier alpha value is -13.8.